The quantitative estimate of drug-likeness (QED) is 0.0378. The molecule has 0 aliphatic carbocycles. The molecule has 0 aliphatic rings. The number of aliphatic hydroxyl groups is 1. The van der Waals surface area contributed by atoms with Crippen molar-refractivity contribution in [3.63, 3.8) is 0 Å². The summed E-state index contributed by atoms with van der Waals surface area (Å²) >= 11 is 0. The third kappa shape index (κ3) is 28.8. The van der Waals surface area contributed by atoms with Crippen molar-refractivity contribution in [1.82, 2.24) is 5.32 Å². The van der Waals surface area contributed by atoms with Crippen molar-refractivity contribution in [2.45, 2.75) is 180 Å². The highest BCUT2D eigenvalue weighted by atomic mass is 31.2. The molecular weight excluding hydrogens is 525 g/mol. The molecule has 0 radical (unpaired) electrons. The molecule has 0 spiro atoms. The number of unbranched alkanes of at least 4 members (excludes halogenated alkanes) is 19. The first-order valence-corrected chi connectivity index (χ1v) is 18.2. The highest BCUT2D eigenvalue weighted by Crippen LogP contribution is 2.36. The Bertz CT molecular complexity index is 639. The van der Waals surface area contributed by atoms with Gasteiger partial charge in [-0.25, -0.2) is 4.57 Å². The number of hydrogen-bond acceptors (Lipinski definition) is 4. The van der Waals surface area contributed by atoms with Crippen LogP contribution < -0.4 is 5.32 Å². The smallest absolute Gasteiger partial charge is 0.391 e. The summed E-state index contributed by atoms with van der Waals surface area (Å²) in [5.74, 6) is -0.205. The first kappa shape index (κ1) is 39.3. The van der Waals surface area contributed by atoms with Gasteiger partial charge in [0.25, 0.3) is 0 Å². The van der Waals surface area contributed by atoms with Gasteiger partial charge in [0, 0.05) is 6.42 Å². The van der Waals surface area contributed by atoms with Gasteiger partial charge in [-0.3, -0.25) is 9.32 Å². The Labute approximate surface area is 246 Å². The molecule has 1 amide bonds. The molecule has 0 saturated heterocycles. The number of phosphoric ester groups is 1. The maximum absolute atomic E-state index is 12.5. The van der Waals surface area contributed by atoms with Crippen LogP contribution in [0.3, 0.4) is 0 Å². The van der Waals surface area contributed by atoms with Crippen LogP contribution in [0, 0.1) is 0 Å². The highest BCUT2D eigenvalue weighted by molar-refractivity contribution is 7.46. The van der Waals surface area contributed by atoms with Gasteiger partial charge in [-0.2, -0.15) is 0 Å². The van der Waals surface area contributed by atoms with E-state index in [2.05, 4.69) is 35.8 Å². The lowest BCUT2D eigenvalue weighted by Crippen LogP contribution is -2.46. The number of hydrogen-bond donors (Lipinski definition) is 4. The molecule has 0 saturated carbocycles. The van der Waals surface area contributed by atoms with Crippen LogP contribution in [0.15, 0.2) is 12.2 Å². The van der Waals surface area contributed by atoms with Crippen LogP contribution in [0.4, 0.5) is 0 Å². The molecule has 40 heavy (non-hydrogen) atoms. The fourth-order valence-corrected chi connectivity index (χ4v) is 5.28. The van der Waals surface area contributed by atoms with Gasteiger partial charge < -0.3 is 20.2 Å². The van der Waals surface area contributed by atoms with E-state index < -0.39 is 26.6 Å². The lowest BCUT2D eigenvalue weighted by atomic mass is 10.0. The van der Waals surface area contributed by atoms with Gasteiger partial charge in [-0.15, -0.1) is 0 Å². The Morgan fingerprint density at radius 2 is 1.12 bits per heavy atom. The Kier molecular flexibility index (Phi) is 27.9. The number of aliphatic hydroxyl groups excluding tert-OH is 1. The summed E-state index contributed by atoms with van der Waals surface area (Å²) < 4.78 is 15.8. The first-order chi connectivity index (χ1) is 19.3. The Morgan fingerprint density at radius 3 is 1.60 bits per heavy atom. The van der Waals surface area contributed by atoms with E-state index in [0.29, 0.717) is 12.8 Å². The molecule has 4 N–H and O–H groups in total. The van der Waals surface area contributed by atoms with Crippen LogP contribution in [0.25, 0.3) is 0 Å². The molecule has 0 aromatic carbocycles. The maximum Gasteiger partial charge on any atom is 0.469 e. The topological polar surface area (TPSA) is 116 Å². The second-order valence-electron chi connectivity index (χ2n) is 11.5. The number of allylic oxidation sites excluding steroid dienone is 2. The van der Waals surface area contributed by atoms with Gasteiger partial charge in [0.15, 0.2) is 0 Å². The average Bonchev–Trinajstić information content (AvgIpc) is 2.91. The fourth-order valence-electron chi connectivity index (χ4n) is 4.93. The van der Waals surface area contributed by atoms with Crippen molar-refractivity contribution in [2.75, 3.05) is 6.61 Å². The molecule has 0 aromatic rings. The highest BCUT2D eigenvalue weighted by Gasteiger charge is 2.25. The number of rotatable bonds is 30. The van der Waals surface area contributed by atoms with E-state index in [1.165, 1.54) is 89.9 Å². The van der Waals surface area contributed by atoms with Crippen LogP contribution in [-0.2, 0) is 13.9 Å². The zero-order valence-corrected chi connectivity index (χ0v) is 26.9. The third-order valence-electron chi connectivity index (χ3n) is 7.50. The summed E-state index contributed by atoms with van der Waals surface area (Å²) in [6, 6.07) is -0.822. The maximum atomic E-state index is 12.5. The molecule has 0 bridgehead atoms. The molecule has 0 rings (SSSR count). The van der Waals surface area contributed by atoms with E-state index in [4.69, 9.17) is 9.79 Å². The summed E-state index contributed by atoms with van der Waals surface area (Å²) in [4.78, 5) is 30.6. The molecular formula is C32H64NO6P. The normalized spacial score (nSPS) is 13.6. The van der Waals surface area contributed by atoms with E-state index in [0.717, 1.165) is 51.4 Å². The lowest BCUT2D eigenvalue weighted by molar-refractivity contribution is -0.123. The van der Waals surface area contributed by atoms with Gasteiger partial charge in [0.05, 0.1) is 18.8 Å². The SMILES string of the molecule is CCCCCCCC/C=C\CCCCCCCC(=O)N[C@@H](COP(=O)(O)O)[C@H](O)CCCCCCCCCCC. The molecule has 7 nitrogen and oxygen atoms in total. The largest absolute Gasteiger partial charge is 0.469 e. The van der Waals surface area contributed by atoms with Gasteiger partial charge in [-0.05, 0) is 38.5 Å². The van der Waals surface area contributed by atoms with Crippen LogP contribution in [0.2, 0.25) is 0 Å². The molecule has 2 atom stereocenters. The van der Waals surface area contributed by atoms with Crippen molar-refractivity contribution in [2.24, 2.45) is 0 Å². The van der Waals surface area contributed by atoms with Crippen molar-refractivity contribution in [1.29, 1.82) is 0 Å². The fraction of sp³-hybridized carbons (Fsp3) is 0.906. The minimum Gasteiger partial charge on any atom is -0.391 e. The second-order valence-corrected chi connectivity index (χ2v) is 12.7. The van der Waals surface area contributed by atoms with Gasteiger partial charge >= 0.3 is 7.82 Å². The van der Waals surface area contributed by atoms with E-state index in [-0.39, 0.29) is 5.91 Å². The molecule has 238 valence electrons. The van der Waals surface area contributed by atoms with E-state index in [1.807, 2.05) is 0 Å². The summed E-state index contributed by atoms with van der Waals surface area (Å²) in [7, 11) is -4.68. The average molecular weight is 590 g/mol. The summed E-state index contributed by atoms with van der Waals surface area (Å²) in [5.41, 5.74) is 0. The van der Waals surface area contributed by atoms with Crippen LogP contribution in [-0.4, -0.2) is 39.6 Å². The molecule has 0 heterocycles. The molecule has 0 aliphatic heterocycles. The molecule has 0 aromatic heterocycles. The minimum absolute atomic E-state index is 0.205. The predicted octanol–water partition coefficient (Wildman–Crippen LogP) is 8.90. The molecule has 0 fully saturated rings. The van der Waals surface area contributed by atoms with Crippen molar-refractivity contribution < 1.29 is 28.8 Å². The van der Waals surface area contributed by atoms with Crippen LogP contribution >= 0.6 is 7.82 Å². The Balaban J connectivity index is 4.02. The first-order valence-electron chi connectivity index (χ1n) is 16.6. The standard InChI is InChI=1S/C32H64NO6P/c1-3-5-7-9-11-13-14-15-16-17-18-20-22-24-26-28-32(35)33-30(29-39-40(36,37)38)31(34)27-25-23-21-19-12-10-8-6-4-2/h15-16,30-31,34H,3-14,17-29H2,1-2H3,(H,33,35)(H2,36,37,38)/b16-15-/t30-,31+/m0/s1. The van der Waals surface area contributed by atoms with E-state index in [1.54, 1.807) is 0 Å². The number of phosphoric acid groups is 1. The zero-order valence-electron chi connectivity index (χ0n) is 26.0. The number of amides is 1. The summed E-state index contributed by atoms with van der Waals surface area (Å²) in [6.07, 6.45) is 30.5. The zero-order chi connectivity index (χ0) is 29.7. The summed E-state index contributed by atoms with van der Waals surface area (Å²) in [6.45, 7) is 4.06. The Hall–Kier alpha value is -0.720. The van der Waals surface area contributed by atoms with Crippen molar-refractivity contribution in [3.05, 3.63) is 12.2 Å². The van der Waals surface area contributed by atoms with Crippen molar-refractivity contribution >= 4 is 13.7 Å². The molecule has 0 unspecified atom stereocenters. The monoisotopic (exact) mass is 589 g/mol. The Morgan fingerprint density at radius 1 is 0.700 bits per heavy atom. The lowest BCUT2D eigenvalue weighted by Gasteiger charge is -2.24. The second kappa shape index (κ2) is 28.4. The number of nitrogens with one attached hydrogen (secondary N) is 1. The van der Waals surface area contributed by atoms with E-state index >= 15 is 0 Å². The van der Waals surface area contributed by atoms with Crippen LogP contribution in [0.1, 0.15) is 168 Å². The molecule has 8 heteroatoms. The van der Waals surface area contributed by atoms with Gasteiger partial charge in [0.1, 0.15) is 0 Å². The van der Waals surface area contributed by atoms with Gasteiger partial charge in [0.2, 0.25) is 5.91 Å². The third-order valence-corrected chi connectivity index (χ3v) is 7.99. The van der Waals surface area contributed by atoms with Gasteiger partial charge in [-0.1, -0.05) is 135 Å². The number of carbonyl (C=O) groups is 1. The van der Waals surface area contributed by atoms with Crippen molar-refractivity contribution in [3.8, 4) is 0 Å². The number of carbonyl (C=O) groups excluding carboxylic acids is 1. The summed E-state index contributed by atoms with van der Waals surface area (Å²) in [5, 5.41) is 13.4. The minimum atomic E-state index is -4.68. The van der Waals surface area contributed by atoms with E-state index in [9.17, 15) is 14.5 Å². The predicted molar refractivity (Wildman–Crippen MR) is 167 cm³/mol. The van der Waals surface area contributed by atoms with Crippen LogP contribution in [0.5, 0.6) is 0 Å².